The van der Waals surface area contributed by atoms with Gasteiger partial charge in [0.2, 0.25) is 5.91 Å². The maximum absolute atomic E-state index is 12.7. The van der Waals surface area contributed by atoms with Crippen LogP contribution >= 0.6 is 11.6 Å². The summed E-state index contributed by atoms with van der Waals surface area (Å²) < 4.78 is 0. The first-order valence-corrected chi connectivity index (χ1v) is 11.8. The Bertz CT molecular complexity index is 1100. The molecule has 5 rings (SSSR count). The molecule has 0 atom stereocenters. The highest BCUT2D eigenvalue weighted by Crippen LogP contribution is 2.60. The van der Waals surface area contributed by atoms with Gasteiger partial charge in [-0.15, -0.1) is 0 Å². The minimum atomic E-state index is -0.143. The lowest BCUT2D eigenvalue weighted by Gasteiger charge is -2.65. The molecule has 2 aliphatic rings. The van der Waals surface area contributed by atoms with Crippen molar-refractivity contribution in [1.29, 1.82) is 0 Å². The van der Waals surface area contributed by atoms with Crippen molar-refractivity contribution < 1.29 is 4.79 Å². The molecule has 1 saturated heterocycles. The fourth-order valence-corrected chi connectivity index (χ4v) is 5.89. The van der Waals surface area contributed by atoms with Gasteiger partial charge < -0.3 is 10.2 Å². The Morgan fingerprint density at radius 1 is 0.938 bits per heavy atom. The summed E-state index contributed by atoms with van der Waals surface area (Å²) in [6.45, 7) is 3.83. The molecule has 164 valence electrons. The quantitative estimate of drug-likeness (QED) is 0.490. The second-order valence-electron chi connectivity index (χ2n) is 9.57. The fraction of sp³-hybridized carbons (Fsp3) is 0.321. The molecule has 4 heteroatoms. The zero-order chi connectivity index (χ0) is 22.2. The predicted molar refractivity (Wildman–Crippen MR) is 131 cm³/mol. The number of para-hydroxylation sites is 1. The first-order valence-electron chi connectivity index (χ1n) is 11.4. The molecule has 0 bridgehead atoms. The van der Waals surface area contributed by atoms with Gasteiger partial charge in [-0.2, -0.15) is 0 Å². The maximum Gasteiger partial charge on any atom is 0.222 e. The number of hydrogen-bond acceptors (Lipinski definition) is 2. The van der Waals surface area contributed by atoms with Crippen LogP contribution in [-0.4, -0.2) is 23.9 Å². The number of benzene rings is 3. The molecule has 3 aromatic carbocycles. The van der Waals surface area contributed by atoms with Crippen molar-refractivity contribution in [1.82, 2.24) is 4.90 Å². The Morgan fingerprint density at radius 2 is 1.59 bits per heavy atom. The molecule has 3 nitrogen and oxygen atoms in total. The topological polar surface area (TPSA) is 32.3 Å². The third kappa shape index (κ3) is 3.91. The van der Waals surface area contributed by atoms with E-state index in [9.17, 15) is 4.79 Å². The molecule has 1 aliphatic heterocycles. The van der Waals surface area contributed by atoms with Crippen molar-refractivity contribution in [3.8, 4) is 0 Å². The average molecular weight is 445 g/mol. The number of likely N-dealkylation sites (tertiary alicyclic amines) is 1. The van der Waals surface area contributed by atoms with E-state index in [0.717, 1.165) is 48.6 Å². The molecule has 1 aliphatic carbocycles. The van der Waals surface area contributed by atoms with Gasteiger partial charge >= 0.3 is 0 Å². The van der Waals surface area contributed by atoms with E-state index in [2.05, 4.69) is 54.7 Å². The van der Waals surface area contributed by atoms with E-state index in [0.29, 0.717) is 6.42 Å². The number of nitrogens with one attached hydrogen (secondary N) is 1. The Balaban J connectivity index is 1.27. The minimum absolute atomic E-state index is 0.143. The summed E-state index contributed by atoms with van der Waals surface area (Å²) in [5.74, 6) is 0.270. The van der Waals surface area contributed by atoms with Crippen molar-refractivity contribution in [3.05, 3.63) is 101 Å². The summed E-state index contributed by atoms with van der Waals surface area (Å²) in [4.78, 5) is 14.8. The van der Waals surface area contributed by atoms with Gasteiger partial charge in [-0.3, -0.25) is 4.79 Å². The third-order valence-electron chi connectivity index (χ3n) is 7.17. The number of amides is 1. The lowest BCUT2D eigenvalue weighted by Crippen LogP contribution is -2.69. The highest BCUT2D eigenvalue weighted by Gasteiger charge is 2.61. The SMILES string of the molecule is Cc1c(Cl)cccc1C1(Nc2ccccc2)CC2(CN(C(=O)CCc3ccccc3)C2)C1. The lowest BCUT2D eigenvalue weighted by atomic mass is 9.51. The van der Waals surface area contributed by atoms with E-state index in [1.54, 1.807) is 0 Å². The molecule has 32 heavy (non-hydrogen) atoms. The molecule has 0 unspecified atom stereocenters. The first kappa shape index (κ1) is 21.1. The molecule has 3 aromatic rings. The summed E-state index contributed by atoms with van der Waals surface area (Å²) in [7, 11) is 0. The molecule has 0 aromatic heterocycles. The van der Waals surface area contributed by atoms with Crippen LogP contribution in [0.25, 0.3) is 0 Å². The van der Waals surface area contributed by atoms with E-state index in [-0.39, 0.29) is 16.9 Å². The van der Waals surface area contributed by atoms with E-state index < -0.39 is 0 Å². The van der Waals surface area contributed by atoms with Gasteiger partial charge in [0.1, 0.15) is 0 Å². The third-order valence-corrected chi connectivity index (χ3v) is 7.58. The summed E-state index contributed by atoms with van der Waals surface area (Å²) in [6.07, 6.45) is 3.42. The highest BCUT2D eigenvalue weighted by atomic mass is 35.5. The van der Waals surface area contributed by atoms with Crippen LogP contribution in [0.1, 0.15) is 36.0 Å². The summed E-state index contributed by atoms with van der Waals surface area (Å²) in [5, 5.41) is 4.64. The van der Waals surface area contributed by atoms with Crippen LogP contribution in [0.2, 0.25) is 5.02 Å². The number of rotatable bonds is 6. The van der Waals surface area contributed by atoms with Gasteiger partial charge in [-0.25, -0.2) is 0 Å². The van der Waals surface area contributed by atoms with Crippen LogP contribution < -0.4 is 5.32 Å². The van der Waals surface area contributed by atoms with Gasteiger partial charge in [0.25, 0.3) is 0 Å². The number of carbonyl (C=O) groups is 1. The first-order chi connectivity index (χ1) is 15.5. The number of anilines is 1. The summed E-state index contributed by atoms with van der Waals surface area (Å²) in [6, 6.07) is 26.9. The number of aryl methyl sites for hydroxylation is 1. The predicted octanol–water partition coefficient (Wildman–Crippen LogP) is 6.21. The van der Waals surface area contributed by atoms with Crippen LogP contribution in [0.4, 0.5) is 5.69 Å². The van der Waals surface area contributed by atoms with Crippen LogP contribution in [0.5, 0.6) is 0 Å². The van der Waals surface area contributed by atoms with E-state index in [1.807, 2.05) is 41.3 Å². The largest absolute Gasteiger partial charge is 0.375 e. The summed E-state index contributed by atoms with van der Waals surface area (Å²) >= 11 is 6.49. The van der Waals surface area contributed by atoms with E-state index >= 15 is 0 Å². The lowest BCUT2D eigenvalue weighted by molar-refractivity contribution is -0.156. The molecular weight excluding hydrogens is 416 g/mol. The molecule has 0 radical (unpaired) electrons. The number of nitrogens with zero attached hydrogens (tertiary/aromatic N) is 1. The van der Waals surface area contributed by atoms with Crippen molar-refractivity contribution >= 4 is 23.2 Å². The Labute approximate surface area is 195 Å². The van der Waals surface area contributed by atoms with Gasteiger partial charge in [0.15, 0.2) is 0 Å². The van der Waals surface area contributed by atoms with Gasteiger partial charge in [-0.05, 0) is 61.1 Å². The number of hydrogen-bond donors (Lipinski definition) is 1. The van der Waals surface area contributed by atoms with Crippen LogP contribution in [0.15, 0.2) is 78.9 Å². The Hall–Kier alpha value is -2.78. The fourth-order valence-electron chi connectivity index (χ4n) is 5.72. The zero-order valence-electron chi connectivity index (χ0n) is 18.5. The van der Waals surface area contributed by atoms with Crippen LogP contribution in [-0.2, 0) is 16.8 Å². The number of halogens is 1. The van der Waals surface area contributed by atoms with E-state index in [4.69, 9.17) is 11.6 Å². The van der Waals surface area contributed by atoms with Crippen molar-refractivity contribution in [2.75, 3.05) is 18.4 Å². The monoisotopic (exact) mass is 444 g/mol. The van der Waals surface area contributed by atoms with Gasteiger partial charge in [0.05, 0.1) is 5.54 Å². The molecule has 2 fully saturated rings. The second kappa shape index (κ2) is 8.29. The minimum Gasteiger partial charge on any atom is -0.375 e. The highest BCUT2D eigenvalue weighted by molar-refractivity contribution is 6.31. The average Bonchev–Trinajstić information content (AvgIpc) is 2.76. The number of carbonyl (C=O) groups excluding carboxylic acids is 1. The van der Waals surface area contributed by atoms with Gasteiger partial charge in [0, 0.05) is 35.6 Å². The smallest absolute Gasteiger partial charge is 0.222 e. The summed E-state index contributed by atoms with van der Waals surface area (Å²) in [5.41, 5.74) is 4.82. The standard InChI is InChI=1S/C28H29ClN2O/c1-21-24(13-8-14-25(21)29)28(30-23-11-6-3-7-12-23)17-27(18-28)19-31(20-27)26(32)16-15-22-9-4-2-5-10-22/h2-14,30H,15-20H2,1H3. The van der Waals surface area contributed by atoms with Gasteiger partial charge in [-0.1, -0.05) is 72.3 Å². The zero-order valence-corrected chi connectivity index (χ0v) is 19.2. The van der Waals surface area contributed by atoms with Crippen LogP contribution in [0.3, 0.4) is 0 Å². The Kier molecular flexibility index (Phi) is 5.46. The molecule has 1 heterocycles. The molecular formula is C28H29ClN2O. The molecule has 1 N–H and O–H groups in total. The van der Waals surface area contributed by atoms with Crippen molar-refractivity contribution in [2.45, 2.75) is 38.1 Å². The van der Waals surface area contributed by atoms with E-state index in [1.165, 1.54) is 11.1 Å². The molecule has 1 saturated carbocycles. The van der Waals surface area contributed by atoms with Crippen LogP contribution in [0, 0.1) is 12.3 Å². The molecule has 1 spiro atoms. The van der Waals surface area contributed by atoms with Crippen molar-refractivity contribution in [2.24, 2.45) is 5.41 Å². The second-order valence-corrected chi connectivity index (χ2v) is 9.98. The molecule has 1 amide bonds. The maximum atomic E-state index is 12.7. The normalized spacial score (nSPS) is 18.0. The Morgan fingerprint density at radius 3 is 2.28 bits per heavy atom. The van der Waals surface area contributed by atoms with Crippen molar-refractivity contribution in [3.63, 3.8) is 0 Å².